The van der Waals surface area contributed by atoms with Crippen LogP contribution >= 0.6 is 0 Å². The predicted molar refractivity (Wildman–Crippen MR) is 68.3 cm³/mol. The highest BCUT2D eigenvalue weighted by atomic mass is 19.4. The summed E-state index contributed by atoms with van der Waals surface area (Å²) in [7, 11) is 0. The molecule has 0 spiro atoms. The summed E-state index contributed by atoms with van der Waals surface area (Å²) in [5.41, 5.74) is -0.444. The lowest BCUT2D eigenvalue weighted by Crippen LogP contribution is -2.17. The number of nitrogens with one attached hydrogen (secondary N) is 1. The van der Waals surface area contributed by atoms with Crippen LogP contribution < -0.4 is 5.32 Å². The molecule has 0 fully saturated rings. The van der Waals surface area contributed by atoms with Gasteiger partial charge in [0.25, 0.3) is 0 Å². The smallest absolute Gasteiger partial charge is 0.309 e. The van der Waals surface area contributed by atoms with Crippen LogP contribution in [-0.2, 0) is 19.3 Å². The molecule has 1 nitrogen and oxygen atoms in total. The lowest BCUT2D eigenvalue weighted by Gasteiger charge is -2.13. The summed E-state index contributed by atoms with van der Waals surface area (Å²) < 4.78 is 64.3. The number of benzene rings is 2. The summed E-state index contributed by atoms with van der Waals surface area (Å²) in [6.45, 7) is 0.123. The third kappa shape index (κ3) is 4.26. The second-order valence-corrected chi connectivity index (χ2v) is 4.53. The van der Waals surface area contributed by atoms with E-state index in [4.69, 9.17) is 0 Å². The van der Waals surface area contributed by atoms with Crippen LogP contribution in [0, 0.1) is 11.6 Å². The topological polar surface area (TPSA) is 12.0 Å². The highest BCUT2D eigenvalue weighted by molar-refractivity contribution is 5.30. The average molecular weight is 301 g/mol. The second kappa shape index (κ2) is 6.22. The minimum Gasteiger partial charge on any atom is -0.309 e. The van der Waals surface area contributed by atoms with Gasteiger partial charge in [-0.05, 0) is 35.4 Å². The molecule has 0 unspecified atom stereocenters. The van der Waals surface area contributed by atoms with Gasteiger partial charge in [-0.2, -0.15) is 13.2 Å². The van der Waals surface area contributed by atoms with E-state index in [-0.39, 0.29) is 18.7 Å². The molecule has 112 valence electrons. The van der Waals surface area contributed by atoms with Crippen molar-refractivity contribution in [3.8, 4) is 0 Å². The molecule has 0 atom stereocenters. The Labute approximate surface area is 118 Å². The highest BCUT2D eigenvalue weighted by Crippen LogP contribution is 2.32. The number of hydrogen-bond donors (Lipinski definition) is 1. The van der Waals surface area contributed by atoms with E-state index >= 15 is 0 Å². The van der Waals surface area contributed by atoms with Crippen LogP contribution in [0.25, 0.3) is 0 Å². The van der Waals surface area contributed by atoms with Gasteiger partial charge in [0.2, 0.25) is 0 Å². The van der Waals surface area contributed by atoms with E-state index in [1.54, 1.807) is 6.07 Å². The van der Waals surface area contributed by atoms with Gasteiger partial charge in [-0.1, -0.05) is 18.2 Å². The summed E-state index contributed by atoms with van der Waals surface area (Å²) in [6, 6.07) is 8.30. The van der Waals surface area contributed by atoms with Crippen LogP contribution in [-0.4, -0.2) is 0 Å². The molecule has 0 aliphatic heterocycles. The standard InChI is InChI=1S/C15H12F5N/c16-12-3-1-2-10(6-12)8-21-9-11-4-5-13(17)7-14(11)15(18,19)20/h1-7,21H,8-9H2. The minimum atomic E-state index is -4.61. The highest BCUT2D eigenvalue weighted by Gasteiger charge is 2.33. The summed E-state index contributed by atoms with van der Waals surface area (Å²) in [5, 5.41) is 2.79. The number of rotatable bonds is 4. The first-order valence-electron chi connectivity index (χ1n) is 6.17. The Morgan fingerprint density at radius 1 is 0.857 bits per heavy atom. The van der Waals surface area contributed by atoms with E-state index < -0.39 is 23.4 Å². The van der Waals surface area contributed by atoms with Crippen molar-refractivity contribution in [3.63, 3.8) is 0 Å². The van der Waals surface area contributed by atoms with Crippen molar-refractivity contribution in [1.82, 2.24) is 5.32 Å². The molecule has 0 aliphatic rings. The fraction of sp³-hybridized carbons (Fsp3) is 0.200. The van der Waals surface area contributed by atoms with E-state index in [9.17, 15) is 22.0 Å². The molecular weight excluding hydrogens is 289 g/mol. The monoisotopic (exact) mass is 301 g/mol. The molecule has 1 N–H and O–H groups in total. The average Bonchev–Trinajstić information content (AvgIpc) is 2.39. The van der Waals surface area contributed by atoms with Gasteiger partial charge >= 0.3 is 6.18 Å². The molecule has 0 radical (unpaired) electrons. The maximum absolute atomic E-state index is 13.0. The van der Waals surface area contributed by atoms with E-state index in [1.165, 1.54) is 18.2 Å². The fourth-order valence-corrected chi connectivity index (χ4v) is 1.96. The van der Waals surface area contributed by atoms with Crippen LogP contribution in [0.15, 0.2) is 42.5 Å². The lowest BCUT2D eigenvalue weighted by atomic mass is 10.1. The van der Waals surface area contributed by atoms with Crippen LogP contribution in [0.5, 0.6) is 0 Å². The maximum atomic E-state index is 13.0. The number of halogens is 5. The first-order chi connectivity index (χ1) is 9.86. The van der Waals surface area contributed by atoms with Crippen LogP contribution in [0.2, 0.25) is 0 Å². The third-order valence-electron chi connectivity index (χ3n) is 2.91. The van der Waals surface area contributed by atoms with E-state index in [2.05, 4.69) is 5.32 Å². The molecule has 0 saturated heterocycles. The molecule has 2 rings (SSSR count). The lowest BCUT2D eigenvalue weighted by molar-refractivity contribution is -0.138. The zero-order valence-corrected chi connectivity index (χ0v) is 10.8. The zero-order valence-electron chi connectivity index (χ0n) is 10.8. The van der Waals surface area contributed by atoms with Gasteiger partial charge in [-0.15, -0.1) is 0 Å². The molecular formula is C15H12F5N. The SMILES string of the molecule is Fc1cccc(CNCc2ccc(F)cc2C(F)(F)F)c1. The van der Waals surface area contributed by atoms with Crippen molar-refractivity contribution in [3.05, 3.63) is 70.8 Å². The van der Waals surface area contributed by atoms with Crippen molar-refractivity contribution >= 4 is 0 Å². The summed E-state index contributed by atoms with van der Waals surface area (Å²) in [4.78, 5) is 0. The molecule has 0 heterocycles. The molecule has 2 aromatic carbocycles. The molecule has 0 amide bonds. The molecule has 0 aliphatic carbocycles. The summed E-state index contributed by atoms with van der Waals surface area (Å²) in [5.74, 6) is -1.34. The van der Waals surface area contributed by atoms with Crippen LogP contribution in [0.3, 0.4) is 0 Å². The van der Waals surface area contributed by atoms with Gasteiger partial charge in [0.05, 0.1) is 5.56 Å². The van der Waals surface area contributed by atoms with Gasteiger partial charge in [0, 0.05) is 13.1 Å². The van der Waals surface area contributed by atoms with Gasteiger partial charge < -0.3 is 5.32 Å². The van der Waals surface area contributed by atoms with Crippen molar-refractivity contribution in [2.75, 3.05) is 0 Å². The van der Waals surface area contributed by atoms with Crippen molar-refractivity contribution in [2.45, 2.75) is 19.3 Å². The van der Waals surface area contributed by atoms with E-state index in [0.717, 1.165) is 12.1 Å². The summed E-state index contributed by atoms with van der Waals surface area (Å²) >= 11 is 0. The third-order valence-corrected chi connectivity index (χ3v) is 2.91. The van der Waals surface area contributed by atoms with Gasteiger partial charge in [0.1, 0.15) is 11.6 Å². The first kappa shape index (κ1) is 15.4. The van der Waals surface area contributed by atoms with Gasteiger partial charge in [-0.3, -0.25) is 0 Å². The van der Waals surface area contributed by atoms with Crippen molar-refractivity contribution < 1.29 is 22.0 Å². The second-order valence-electron chi connectivity index (χ2n) is 4.53. The fourth-order valence-electron chi connectivity index (χ4n) is 1.96. The molecule has 2 aromatic rings. The van der Waals surface area contributed by atoms with Crippen LogP contribution in [0.4, 0.5) is 22.0 Å². The number of alkyl halides is 3. The van der Waals surface area contributed by atoms with Crippen LogP contribution in [0.1, 0.15) is 16.7 Å². The molecule has 0 saturated carbocycles. The summed E-state index contributed by atoms with van der Waals surface area (Å²) in [6.07, 6.45) is -4.61. The quantitative estimate of drug-likeness (QED) is 0.831. The van der Waals surface area contributed by atoms with E-state index in [1.807, 2.05) is 0 Å². The van der Waals surface area contributed by atoms with Crippen molar-refractivity contribution in [2.24, 2.45) is 0 Å². The molecule has 6 heteroatoms. The van der Waals surface area contributed by atoms with Gasteiger partial charge in [-0.25, -0.2) is 8.78 Å². The molecule has 0 aromatic heterocycles. The largest absolute Gasteiger partial charge is 0.416 e. The Hall–Kier alpha value is -1.95. The Morgan fingerprint density at radius 2 is 1.57 bits per heavy atom. The molecule has 0 bridgehead atoms. The number of hydrogen-bond acceptors (Lipinski definition) is 1. The Balaban J connectivity index is 2.07. The Morgan fingerprint density at radius 3 is 2.24 bits per heavy atom. The Kier molecular flexibility index (Phi) is 4.57. The zero-order chi connectivity index (χ0) is 15.5. The van der Waals surface area contributed by atoms with Crippen molar-refractivity contribution in [1.29, 1.82) is 0 Å². The normalized spacial score (nSPS) is 11.7. The minimum absolute atomic E-state index is 0.0553. The predicted octanol–water partition coefficient (Wildman–Crippen LogP) is 4.27. The first-order valence-corrected chi connectivity index (χ1v) is 6.17. The molecule has 21 heavy (non-hydrogen) atoms. The van der Waals surface area contributed by atoms with E-state index in [0.29, 0.717) is 11.6 Å². The van der Waals surface area contributed by atoms with Gasteiger partial charge in [0.15, 0.2) is 0 Å². The maximum Gasteiger partial charge on any atom is 0.416 e. The Bertz CT molecular complexity index is 622.